The first-order chi connectivity index (χ1) is 7.74. The minimum absolute atomic E-state index is 0.00559. The van der Waals surface area contributed by atoms with Gasteiger partial charge in [0.15, 0.2) is 0 Å². The molecule has 0 atom stereocenters. The molecule has 1 aliphatic rings. The van der Waals surface area contributed by atoms with Gasteiger partial charge >= 0.3 is 17.8 Å². The van der Waals surface area contributed by atoms with Gasteiger partial charge in [0, 0.05) is 19.1 Å². The van der Waals surface area contributed by atoms with Gasteiger partial charge in [-0.05, 0) is 33.7 Å². The Morgan fingerprint density at radius 2 is 1.71 bits per heavy atom. The molecule has 0 bridgehead atoms. The Morgan fingerprint density at radius 1 is 1.12 bits per heavy atom. The fourth-order valence-electron chi connectivity index (χ4n) is 1.51. The molecule has 1 N–H and O–H groups in total. The van der Waals surface area contributed by atoms with Crippen LogP contribution < -0.4 is 5.32 Å². The molecule has 6 nitrogen and oxygen atoms in total. The number of nitrogens with one attached hydrogen (secondary N) is 1. The van der Waals surface area contributed by atoms with Gasteiger partial charge < -0.3 is 5.32 Å². The van der Waals surface area contributed by atoms with E-state index in [4.69, 9.17) is 0 Å². The van der Waals surface area contributed by atoms with Gasteiger partial charge in [-0.3, -0.25) is 19.4 Å². The zero-order chi connectivity index (χ0) is 13.2. The SMILES string of the molecule is CN1C(=O)C(=O)N(CCCNC(C)(C)C)C1=O. The van der Waals surface area contributed by atoms with E-state index in [9.17, 15) is 14.4 Å². The summed E-state index contributed by atoms with van der Waals surface area (Å²) >= 11 is 0. The van der Waals surface area contributed by atoms with Gasteiger partial charge in [-0.2, -0.15) is 0 Å². The van der Waals surface area contributed by atoms with Crippen LogP contribution in [-0.4, -0.2) is 53.3 Å². The average molecular weight is 241 g/mol. The summed E-state index contributed by atoms with van der Waals surface area (Å²) in [6.45, 7) is 7.08. The zero-order valence-corrected chi connectivity index (χ0v) is 10.7. The van der Waals surface area contributed by atoms with Crippen molar-refractivity contribution in [3.05, 3.63) is 0 Å². The topological polar surface area (TPSA) is 69.7 Å². The first-order valence-electron chi connectivity index (χ1n) is 5.62. The molecule has 0 unspecified atom stereocenters. The van der Waals surface area contributed by atoms with Crippen LogP contribution in [0, 0.1) is 0 Å². The van der Waals surface area contributed by atoms with Crippen LogP contribution >= 0.6 is 0 Å². The second kappa shape index (κ2) is 4.83. The number of amides is 4. The second-order valence-electron chi connectivity index (χ2n) is 5.13. The highest BCUT2D eigenvalue weighted by Crippen LogP contribution is 2.09. The third-order valence-electron chi connectivity index (χ3n) is 2.46. The standard InChI is InChI=1S/C11H19N3O3/c1-11(2,3)12-6-5-7-14-9(16)8(15)13(4)10(14)17/h12H,5-7H2,1-4H3. The van der Waals surface area contributed by atoms with Crippen LogP contribution in [0.3, 0.4) is 0 Å². The number of imide groups is 2. The lowest BCUT2D eigenvalue weighted by molar-refractivity contribution is -0.142. The summed E-state index contributed by atoms with van der Waals surface area (Å²) in [4.78, 5) is 36.0. The molecule has 1 aliphatic heterocycles. The minimum Gasteiger partial charge on any atom is -0.312 e. The van der Waals surface area contributed by atoms with Gasteiger partial charge in [-0.1, -0.05) is 0 Å². The lowest BCUT2D eigenvalue weighted by Crippen LogP contribution is -2.39. The van der Waals surface area contributed by atoms with E-state index < -0.39 is 17.8 Å². The van der Waals surface area contributed by atoms with Gasteiger partial charge in [0.25, 0.3) is 0 Å². The van der Waals surface area contributed by atoms with E-state index in [1.165, 1.54) is 7.05 Å². The van der Waals surface area contributed by atoms with Crippen molar-refractivity contribution in [2.75, 3.05) is 20.1 Å². The van der Waals surface area contributed by atoms with Crippen LogP contribution in [0.4, 0.5) is 4.79 Å². The number of hydrogen-bond donors (Lipinski definition) is 1. The van der Waals surface area contributed by atoms with E-state index in [2.05, 4.69) is 5.32 Å². The Kier molecular flexibility index (Phi) is 3.87. The van der Waals surface area contributed by atoms with Gasteiger partial charge in [-0.15, -0.1) is 0 Å². The molecule has 1 saturated heterocycles. The first kappa shape index (κ1) is 13.6. The number of nitrogens with zero attached hydrogens (tertiary/aromatic N) is 2. The largest absolute Gasteiger partial charge is 0.333 e. The maximum atomic E-state index is 11.5. The number of carbonyl (C=O) groups excluding carboxylic acids is 3. The average Bonchev–Trinajstić information content (AvgIpc) is 2.39. The van der Waals surface area contributed by atoms with Gasteiger partial charge in [0.2, 0.25) is 0 Å². The van der Waals surface area contributed by atoms with Crippen LogP contribution in [0.15, 0.2) is 0 Å². The summed E-state index contributed by atoms with van der Waals surface area (Å²) in [7, 11) is 1.32. The molecule has 0 radical (unpaired) electrons. The second-order valence-corrected chi connectivity index (χ2v) is 5.13. The molecular weight excluding hydrogens is 222 g/mol. The van der Waals surface area contributed by atoms with E-state index in [1.54, 1.807) is 0 Å². The third-order valence-corrected chi connectivity index (χ3v) is 2.46. The normalized spacial score (nSPS) is 17.3. The molecule has 0 aromatic heterocycles. The van der Waals surface area contributed by atoms with E-state index in [-0.39, 0.29) is 12.1 Å². The fraction of sp³-hybridized carbons (Fsp3) is 0.727. The summed E-state index contributed by atoms with van der Waals surface area (Å²) in [6.07, 6.45) is 0.635. The Balaban J connectivity index is 2.40. The minimum atomic E-state index is -0.751. The van der Waals surface area contributed by atoms with Crippen LogP contribution in [0.25, 0.3) is 0 Å². The van der Waals surface area contributed by atoms with E-state index in [1.807, 2.05) is 20.8 Å². The van der Waals surface area contributed by atoms with Crippen molar-refractivity contribution in [3.63, 3.8) is 0 Å². The Bertz CT molecular complexity index is 346. The molecule has 4 amide bonds. The van der Waals surface area contributed by atoms with Crippen molar-refractivity contribution in [1.29, 1.82) is 0 Å². The molecule has 17 heavy (non-hydrogen) atoms. The number of likely N-dealkylation sites (N-methyl/N-ethyl adjacent to an activating group) is 1. The van der Waals surface area contributed by atoms with Gasteiger partial charge in [-0.25, -0.2) is 4.79 Å². The van der Waals surface area contributed by atoms with Crippen LogP contribution in [0.5, 0.6) is 0 Å². The van der Waals surface area contributed by atoms with Crippen molar-refractivity contribution in [3.8, 4) is 0 Å². The molecule has 0 saturated carbocycles. The summed E-state index contributed by atoms with van der Waals surface area (Å²) in [5, 5.41) is 3.25. The number of urea groups is 1. The molecule has 6 heteroatoms. The van der Waals surface area contributed by atoms with Gasteiger partial charge in [0.1, 0.15) is 0 Å². The molecule has 1 fully saturated rings. The fourth-order valence-corrected chi connectivity index (χ4v) is 1.51. The molecule has 0 aliphatic carbocycles. The van der Waals surface area contributed by atoms with Crippen LogP contribution in [-0.2, 0) is 9.59 Å². The predicted octanol–water partition coefficient (Wildman–Crippen LogP) is 0.185. The highest BCUT2D eigenvalue weighted by Gasteiger charge is 2.41. The number of hydrogen-bond acceptors (Lipinski definition) is 4. The summed E-state index contributed by atoms with van der Waals surface area (Å²) < 4.78 is 0. The molecule has 1 rings (SSSR count). The van der Waals surface area contributed by atoms with Crippen LogP contribution in [0.2, 0.25) is 0 Å². The summed E-state index contributed by atoms with van der Waals surface area (Å²) in [5.74, 6) is -1.48. The number of carbonyl (C=O) groups is 3. The predicted molar refractivity (Wildman–Crippen MR) is 62.3 cm³/mol. The quantitative estimate of drug-likeness (QED) is 0.433. The van der Waals surface area contributed by atoms with Crippen molar-refractivity contribution < 1.29 is 14.4 Å². The molecule has 0 aromatic rings. The van der Waals surface area contributed by atoms with Crippen molar-refractivity contribution in [2.45, 2.75) is 32.7 Å². The van der Waals surface area contributed by atoms with E-state index in [0.29, 0.717) is 13.0 Å². The summed E-state index contributed by atoms with van der Waals surface area (Å²) in [6, 6.07) is -0.532. The third kappa shape index (κ3) is 3.26. The maximum Gasteiger partial charge on any atom is 0.333 e. The highest BCUT2D eigenvalue weighted by atomic mass is 16.2. The lowest BCUT2D eigenvalue weighted by Gasteiger charge is -2.21. The Morgan fingerprint density at radius 3 is 2.12 bits per heavy atom. The molecule has 0 aromatic carbocycles. The highest BCUT2D eigenvalue weighted by molar-refractivity contribution is 6.44. The molecule has 96 valence electrons. The van der Waals surface area contributed by atoms with Crippen molar-refractivity contribution in [1.82, 2.24) is 15.1 Å². The molecule has 0 spiro atoms. The Hall–Kier alpha value is -1.43. The van der Waals surface area contributed by atoms with Crippen molar-refractivity contribution in [2.24, 2.45) is 0 Å². The zero-order valence-electron chi connectivity index (χ0n) is 10.7. The molecular formula is C11H19N3O3. The van der Waals surface area contributed by atoms with E-state index in [0.717, 1.165) is 9.80 Å². The monoisotopic (exact) mass is 241 g/mol. The Labute approximate surface area is 101 Å². The maximum absolute atomic E-state index is 11.5. The van der Waals surface area contributed by atoms with Crippen LogP contribution in [0.1, 0.15) is 27.2 Å². The molecule has 1 heterocycles. The van der Waals surface area contributed by atoms with E-state index >= 15 is 0 Å². The van der Waals surface area contributed by atoms with Crippen molar-refractivity contribution >= 4 is 17.8 Å². The smallest absolute Gasteiger partial charge is 0.312 e. The summed E-state index contributed by atoms with van der Waals surface area (Å²) in [5.41, 5.74) is 0.00559. The van der Waals surface area contributed by atoms with Gasteiger partial charge in [0.05, 0.1) is 0 Å². The lowest BCUT2D eigenvalue weighted by atomic mass is 10.1. The first-order valence-corrected chi connectivity index (χ1v) is 5.62. The number of rotatable bonds is 4.